The van der Waals surface area contributed by atoms with Gasteiger partial charge < -0.3 is 10.1 Å². The van der Waals surface area contributed by atoms with Gasteiger partial charge in [-0.3, -0.25) is 0 Å². The van der Waals surface area contributed by atoms with Crippen molar-refractivity contribution in [3.63, 3.8) is 0 Å². The van der Waals surface area contributed by atoms with Crippen molar-refractivity contribution in [3.8, 4) is 5.75 Å². The first kappa shape index (κ1) is 14.2. The van der Waals surface area contributed by atoms with E-state index in [1.165, 1.54) is 0 Å². The van der Waals surface area contributed by atoms with Crippen molar-refractivity contribution in [3.05, 3.63) is 58.9 Å². The van der Waals surface area contributed by atoms with Gasteiger partial charge >= 0.3 is 0 Å². The summed E-state index contributed by atoms with van der Waals surface area (Å²) in [5.41, 5.74) is 2.05. The van der Waals surface area contributed by atoms with Crippen molar-refractivity contribution in [1.82, 2.24) is 0 Å². The Bertz CT molecular complexity index is 606. The van der Waals surface area contributed by atoms with E-state index in [2.05, 4.69) is 5.32 Å². The van der Waals surface area contributed by atoms with E-state index < -0.39 is 17.5 Å². The highest BCUT2D eigenvalue weighted by molar-refractivity contribution is 5.51. The molecule has 0 spiro atoms. The molecule has 0 bridgehead atoms. The van der Waals surface area contributed by atoms with Crippen molar-refractivity contribution in [1.29, 1.82) is 0 Å². The lowest BCUT2D eigenvalue weighted by molar-refractivity contribution is 0.412. The molecule has 1 N–H and O–H groups in total. The van der Waals surface area contributed by atoms with E-state index in [1.807, 2.05) is 13.0 Å². The summed E-state index contributed by atoms with van der Waals surface area (Å²) < 4.78 is 44.1. The molecular weight excluding hydrogens is 267 g/mol. The Labute approximate surface area is 115 Å². The quantitative estimate of drug-likeness (QED) is 0.854. The van der Waals surface area contributed by atoms with Crippen molar-refractivity contribution >= 4 is 5.69 Å². The lowest BCUT2D eigenvalue weighted by atomic mass is 10.1. The number of hydrogen-bond donors (Lipinski definition) is 1. The van der Waals surface area contributed by atoms with Gasteiger partial charge in [-0.2, -0.15) is 0 Å². The number of halogens is 3. The van der Waals surface area contributed by atoms with Gasteiger partial charge in [0.15, 0.2) is 17.5 Å². The number of benzene rings is 2. The second-order valence-electron chi connectivity index (χ2n) is 4.41. The Kier molecular flexibility index (Phi) is 4.17. The molecule has 0 aliphatic rings. The third kappa shape index (κ3) is 3.04. The number of anilines is 1. The summed E-state index contributed by atoms with van der Waals surface area (Å²) in [5, 5.41) is 3.02. The summed E-state index contributed by atoms with van der Waals surface area (Å²) in [7, 11) is 1.58. The van der Waals surface area contributed by atoms with Gasteiger partial charge in [0.1, 0.15) is 5.75 Å². The number of hydrogen-bond acceptors (Lipinski definition) is 2. The summed E-state index contributed by atoms with van der Waals surface area (Å²) in [6, 6.07) is 7.39. The summed E-state index contributed by atoms with van der Waals surface area (Å²) in [4.78, 5) is 0. The fourth-order valence-corrected chi connectivity index (χ4v) is 1.90. The van der Waals surface area contributed by atoms with Gasteiger partial charge in [-0.1, -0.05) is 0 Å². The molecule has 0 radical (unpaired) electrons. The maximum atomic E-state index is 13.1. The molecule has 2 aromatic carbocycles. The van der Waals surface area contributed by atoms with Crippen LogP contribution in [-0.2, 0) is 6.54 Å². The van der Waals surface area contributed by atoms with Gasteiger partial charge in [-0.25, -0.2) is 13.2 Å². The van der Waals surface area contributed by atoms with Crippen molar-refractivity contribution in [2.24, 2.45) is 0 Å². The van der Waals surface area contributed by atoms with Crippen LogP contribution >= 0.6 is 0 Å². The van der Waals surface area contributed by atoms with Gasteiger partial charge in [0.05, 0.1) is 7.11 Å². The summed E-state index contributed by atoms with van der Waals surface area (Å²) in [6.45, 7) is 2.08. The van der Waals surface area contributed by atoms with Gasteiger partial charge in [0, 0.05) is 12.2 Å². The van der Waals surface area contributed by atoms with Gasteiger partial charge in [0.2, 0.25) is 0 Å². The van der Waals surface area contributed by atoms with Gasteiger partial charge in [0.25, 0.3) is 0 Å². The highest BCUT2D eigenvalue weighted by Gasteiger charge is 2.10. The third-order valence-electron chi connectivity index (χ3n) is 2.94. The van der Waals surface area contributed by atoms with E-state index in [0.717, 1.165) is 29.1 Å². The molecule has 0 atom stereocenters. The first-order valence-electron chi connectivity index (χ1n) is 6.03. The smallest absolute Gasteiger partial charge is 0.194 e. The Hall–Kier alpha value is -2.17. The lowest BCUT2D eigenvalue weighted by Gasteiger charge is -2.10. The normalized spacial score (nSPS) is 10.4. The van der Waals surface area contributed by atoms with Crippen LogP contribution in [0.25, 0.3) is 0 Å². The van der Waals surface area contributed by atoms with Crippen LogP contribution in [0.3, 0.4) is 0 Å². The molecule has 0 aliphatic carbocycles. The molecule has 2 nitrogen and oxygen atoms in total. The van der Waals surface area contributed by atoms with Crippen LogP contribution in [0.1, 0.15) is 11.1 Å². The molecular formula is C15H14F3NO. The van der Waals surface area contributed by atoms with Crippen LogP contribution in [-0.4, -0.2) is 7.11 Å². The predicted molar refractivity (Wildman–Crippen MR) is 71.4 cm³/mol. The van der Waals surface area contributed by atoms with E-state index in [1.54, 1.807) is 19.2 Å². The maximum absolute atomic E-state index is 13.1. The van der Waals surface area contributed by atoms with Gasteiger partial charge in [-0.05, 0) is 48.4 Å². The first-order valence-corrected chi connectivity index (χ1v) is 6.03. The minimum Gasteiger partial charge on any atom is -0.496 e. The van der Waals surface area contributed by atoms with Crippen LogP contribution in [0.5, 0.6) is 5.75 Å². The minimum absolute atomic E-state index is 0.194. The second kappa shape index (κ2) is 5.86. The number of methoxy groups -OCH3 is 1. The molecule has 0 amide bonds. The molecule has 0 fully saturated rings. The van der Waals surface area contributed by atoms with Crippen LogP contribution in [0, 0.1) is 24.4 Å². The van der Waals surface area contributed by atoms with E-state index in [0.29, 0.717) is 5.56 Å². The number of ether oxygens (including phenoxy) is 1. The standard InChI is InChI=1S/C15H14F3NO/c1-9-5-11(3-4-14(9)20-2)19-8-10-6-12(16)15(18)13(17)7-10/h3-7,19H,8H2,1-2H3. The van der Waals surface area contributed by atoms with Crippen LogP contribution in [0.2, 0.25) is 0 Å². The van der Waals surface area contributed by atoms with E-state index in [4.69, 9.17) is 4.74 Å². The van der Waals surface area contributed by atoms with Gasteiger partial charge in [-0.15, -0.1) is 0 Å². The Morgan fingerprint density at radius 3 is 2.25 bits per heavy atom. The Morgan fingerprint density at radius 1 is 1.05 bits per heavy atom. The topological polar surface area (TPSA) is 21.3 Å². The summed E-state index contributed by atoms with van der Waals surface area (Å²) in [5.74, 6) is -3.07. The van der Waals surface area contributed by atoms with Crippen molar-refractivity contribution in [2.45, 2.75) is 13.5 Å². The van der Waals surface area contributed by atoms with E-state index in [9.17, 15) is 13.2 Å². The molecule has 5 heteroatoms. The molecule has 20 heavy (non-hydrogen) atoms. The highest BCUT2D eigenvalue weighted by atomic mass is 19.2. The highest BCUT2D eigenvalue weighted by Crippen LogP contribution is 2.22. The van der Waals surface area contributed by atoms with E-state index >= 15 is 0 Å². The second-order valence-corrected chi connectivity index (χ2v) is 4.41. The fourth-order valence-electron chi connectivity index (χ4n) is 1.90. The van der Waals surface area contributed by atoms with E-state index in [-0.39, 0.29) is 6.54 Å². The summed E-state index contributed by atoms with van der Waals surface area (Å²) in [6.07, 6.45) is 0. The molecule has 106 valence electrons. The van der Waals surface area contributed by atoms with Crippen LogP contribution < -0.4 is 10.1 Å². The fraction of sp³-hybridized carbons (Fsp3) is 0.200. The zero-order valence-corrected chi connectivity index (χ0v) is 11.1. The Balaban J connectivity index is 2.11. The number of nitrogens with one attached hydrogen (secondary N) is 1. The summed E-state index contributed by atoms with van der Waals surface area (Å²) >= 11 is 0. The first-order chi connectivity index (χ1) is 9.51. The number of rotatable bonds is 4. The van der Waals surface area contributed by atoms with Crippen LogP contribution in [0.4, 0.5) is 18.9 Å². The zero-order chi connectivity index (χ0) is 14.7. The minimum atomic E-state index is -1.45. The molecule has 2 rings (SSSR count). The average Bonchev–Trinajstić information content (AvgIpc) is 2.42. The molecule has 0 unspecified atom stereocenters. The monoisotopic (exact) mass is 281 g/mol. The predicted octanol–water partition coefficient (Wildman–Crippen LogP) is 4.03. The molecule has 0 heterocycles. The maximum Gasteiger partial charge on any atom is 0.194 e. The van der Waals surface area contributed by atoms with Crippen LogP contribution in [0.15, 0.2) is 30.3 Å². The third-order valence-corrected chi connectivity index (χ3v) is 2.94. The van der Waals surface area contributed by atoms with Crippen molar-refractivity contribution < 1.29 is 17.9 Å². The average molecular weight is 281 g/mol. The lowest BCUT2D eigenvalue weighted by Crippen LogP contribution is -2.02. The SMILES string of the molecule is COc1ccc(NCc2cc(F)c(F)c(F)c2)cc1C. The Morgan fingerprint density at radius 2 is 1.70 bits per heavy atom. The number of aryl methyl sites for hydroxylation is 1. The molecule has 0 aliphatic heterocycles. The zero-order valence-electron chi connectivity index (χ0n) is 11.1. The largest absolute Gasteiger partial charge is 0.496 e. The molecule has 0 saturated carbocycles. The molecule has 2 aromatic rings. The molecule has 0 aromatic heterocycles. The van der Waals surface area contributed by atoms with Crippen molar-refractivity contribution in [2.75, 3.05) is 12.4 Å². The molecule has 0 saturated heterocycles.